The second-order valence-electron chi connectivity index (χ2n) is 1.82. The molecule has 0 aliphatic heterocycles. The van der Waals surface area contributed by atoms with Crippen molar-refractivity contribution in [2.24, 2.45) is 0 Å². The number of carboxylic acid groups (broad SMARTS) is 1. The third kappa shape index (κ3) is 4.29. The largest absolute Gasteiger partial charge is 0.479 e. The van der Waals surface area contributed by atoms with Gasteiger partial charge in [0.2, 0.25) is 5.91 Å². The first-order valence-electron chi connectivity index (χ1n) is 2.86. The first kappa shape index (κ1) is 9.86. The van der Waals surface area contributed by atoms with Crippen LogP contribution in [0.25, 0.3) is 0 Å². The van der Waals surface area contributed by atoms with Crippen LogP contribution in [0.5, 0.6) is 0 Å². The van der Waals surface area contributed by atoms with E-state index in [0.717, 1.165) is 0 Å². The Balaban J connectivity index is 3.54. The van der Waals surface area contributed by atoms with Crippen LogP contribution in [0.1, 0.15) is 0 Å². The lowest BCUT2D eigenvalue weighted by Gasteiger charge is -2.05. The van der Waals surface area contributed by atoms with Gasteiger partial charge >= 0.3 is 5.97 Å². The monoisotopic (exact) mass is 163 g/mol. The van der Waals surface area contributed by atoms with Gasteiger partial charge < -0.3 is 20.6 Å². The Hall–Kier alpha value is -1.14. The van der Waals surface area contributed by atoms with Crippen LogP contribution in [-0.2, 0) is 9.59 Å². The molecule has 0 saturated heterocycles. The van der Waals surface area contributed by atoms with Crippen LogP contribution in [0.15, 0.2) is 0 Å². The summed E-state index contributed by atoms with van der Waals surface area (Å²) in [6.07, 6.45) is -1.62. The molecule has 0 bridgehead atoms. The summed E-state index contributed by atoms with van der Waals surface area (Å²) < 4.78 is 0. The molecule has 0 heterocycles. The zero-order valence-corrected chi connectivity index (χ0v) is 5.65. The first-order chi connectivity index (χ1) is 5.07. The zero-order chi connectivity index (χ0) is 8.85. The molecule has 0 aromatic rings. The van der Waals surface area contributed by atoms with Crippen LogP contribution in [0, 0.1) is 0 Å². The van der Waals surface area contributed by atoms with E-state index in [1.807, 2.05) is 5.32 Å². The van der Waals surface area contributed by atoms with Gasteiger partial charge in [-0.2, -0.15) is 0 Å². The highest BCUT2D eigenvalue weighted by Crippen LogP contribution is 1.78. The SMILES string of the molecule is O=C(CO)NCC(O)C(=O)O. The van der Waals surface area contributed by atoms with E-state index in [1.165, 1.54) is 0 Å². The molecule has 6 heteroatoms. The summed E-state index contributed by atoms with van der Waals surface area (Å²) in [6, 6.07) is 0. The summed E-state index contributed by atoms with van der Waals surface area (Å²) in [5.74, 6) is -2.13. The molecule has 0 radical (unpaired) electrons. The minimum Gasteiger partial charge on any atom is -0.479 e. The minimum atomic E-state index is -1.62. The molecule has 64 valence electrons. The highest BCUT2D eigenvalue weighted by atomic mass is 16.4. The van der Waals surface area contributed by atoms with Crippen LogP contribution in [0.4, 0.5) is 0 Å². The van der Waals surface area contributed by atoms with Crippen molar-refractivity contribution >= 4 is 11.9 Å². The molecule has 0 saturated carbocycles. The van der Waals surface area contributed by atoms with E-state index in [2.05, 4.69) is 0 Å². The molecule has 4 N–H and O–H groups in total. The number of hydrogen-bond donors (Lipinski definition) is 4. The second-order valence-corrected chi connectivity index (χ2v) is 1.82. The number of hydrogen-bond acceptors (Lipinski definition) is 4. The number of carbonyl (C=O) groups is 2. The number of aliphatic carboxylic acids is 1. The van der Waals surface area contributed by atoms with E-state index in [-0.39, 0.29) is 0 Å². The Morgan fingerprint density at radius 2 is 2.00 bits per heavy atom. The standard InChI is InChI=1S/C5H9NO5/c7-2-4(9)6-1-3(8)5(10)11/h3,7-8H,1-2H2,(H,6,9)(H,10,11). The highest BCUT2D eigenvalue weighted by Gasteiger charge is 2.13. The number of carbonyl (C=O) groups excluding carboxylic acids is 1. The second kappa shape index (κ2) is 4.64. The fourth-order valence-corrected chi connectivity index (χ4v) is 0.354. The predicted molar refractivity (Wildman–Crippen MR) is 33.7 cm³/mol. The quantitative estimate of drug-likeness (QED) is 0.367. The average Bonchev–Trinajstić information content (AvgIpc) is 1.99. The van der Waals surface area contributed by atoms with E-state index in [4.69, 9.17) is 15.3 Å². The molecule has 6 nitrogen and oxygen atoms in total. The minimum absolute atomic E-state index is 0.394. The van der Waals surface area contributed by atoms with Gasteiger partial charge in [-0.05, 0) is 0 Å². The van der Waals surface area contributed by atoms with Gasteiger partial charge in [0.05, 0.1) is 6.54 Å². The lowest BCUT2D eigenvalue weighted by atomic mass is 10.3. The van der Waals surface area contributed by atoms with Crippen LogP contribution in [0.3, 0.4) is 0 Å². The van der Waals surface area contributed by atoms with Crippen molar-refractivity contribution in [3.63, 3.8) is 0 Å². The number of aliphatic hydroxyl groups is 2. The summed E-state index contributed by atoms with van der Waals surface area (Å²) in [7, 11) is 0. The first-order valence-corrected chi connectivity index (χ1v) is 2.86. The fourth-order valence-electron chi connectivity index (χ4n) is 0.354. The number of nitrogens with one attached hydrogen (secondary N) is 1. The number of aliphatic hydroxyl groups excluding tert-OH is 2. The van der Waals surface area contributed by atoms with Gasteiger partial charge in [0.1, 0.15) is 6.61 Å². The molecular weight excluding hydrogens is 154 g/mol. The van der Waals surface area contributed by atoms with Gasteiger partial charge in [-0.15, -0.1) is 0 Å². The highest BCUT2D eigenvalue weighted by molar-refractivity contribution is 5.78. The summed E-state index contributed by atoms with van der Waals surface area (Å²) in [4.78, 5) is 20.2. The van der Waals surface area contributed by atoms with Crippen molar-refractivity contribution in [1.29, 1.82) is 0 Å². The third-order valence-corrected chi connectivity index (χ3v) is 0.921. The summed E-state index contributed by atoms with van der Waals surface area (Å²) in [5.41, 5.74) is 0. The molecule has 0 fully saturated rings. The number of carboxylic acids is 1. The number of rotatable bonds is 4. The molecule has 1 unspecified atom stereocenters. The van der Waals surface area contributed by atoms with Crippen molar-refractivity contribution in [1.82, 2.24) is 5.32 Å². The van der Waals surface area contributed by atoms with Crippen LogP contribution in [-0.4, -0.2) is 46.5 Å². The van der Waals surface area contributed by atoms with Crippen molar-refractivity contribution in [3.05, 3.63) is 0 Å². The summed E-state index contributed by atoms with van der Waals surface area (Å²) in [5, 5.41) is 26.8. The van der Waals surface area contributed by atoms with Crippen molar-refractivity contribution < 1.29 is 24.9 Å². The zero-order valence-electron chi connectivity index (χ0n) is 5.65. The van der Waals surface area contributed by atoms with Gasteiger partial charge in [0.25, 0.3) is 0 Å². The maximum absolute atomic E-state index is 10.3. The van der Waals surface area contributed by atoms with Gasteiger partial charge in [-0.25, -0.2) is 4.79 Å². The topological polar surface area (TPSA) is 107 Å². The molecule has 0 aromatic heterocycles. The van der Waals surface area contributed by atoms with E-state index in [1.54, 1.807) is 0 Å². The van der Waals surface area contributed by atoms with E-state index in [0.29, 0.717) is 0 Å². The molecule has 0 rings (SSSR count). The molecule has 1 atom stereocenters. The van der Waals surface area contributed by atoms with Gasteiger partial charge in [-0.3, -0.25) is 4.79 Å². The Labute approximate surface area is 62.5 Å². The summed E-state index contributed by atoms with van der Waals surface area (Å²) in [6.45, 7) is -1.11. The van der Waals surface area contributed by atoms with E-state index >= 15 is 0 Å². The molecular formula is C5H9NO5. The van der Waals surface area contributed by atoms with Gasteiger partial charge in [0.15, 0.2) is 6.10 Å². The normalized spacial score (nSPS) is 12.2. The maximum atomic E-state index is 10.3. The Kier molecular flexibility index (Phi) is 4.16. The molecule has 0 aromatic carbocycles. The van der Waals surface area contributed by atoms with Crippen LogP contribution >= 0.6 is 0 Å². The molecule has 11 heavy (non-hydrogen) atoms. The smallest absolute Gasteiger partial charge is 0.334 e. The molecule has 0 aliphatic rings. The maximum Gasteiger partial charge on any atom is 0.334 e. The van der Waals surface area contributed by atoms with Gasteiger partial charge in [0, 0.05) is 0 Å². The predicted octanol–water partition coefficient (Wildman–Crippen LogP) is -2.46. The molecule has 0 spiro atoms. The molecule has 1 amide bonds. The fraction of sp³-hybridized carbons (Fsp3) is 0.600. The Bertz CT molecular complexity index is 157. The third-order valence-electron chi connectivity index (χ3n) is 0.921. The van der Waals surface area contributed by atoms with E-state index in [9.17, 15) is 9.59 Å². The van der Waals surface area contributed by atoms with Gasteiger partial charge in [-0.1, -0.05) is 0 Å². The number of amides is 1. The Morgan fingerprint density at radius 3 is 2.36 bits per heavy atom. The molecule has 0 aliphatic carbocycles. The lowest BCUT2D eigenvalue weighted by Crippen LogP contribution is -2.37. The lowest BCUT2D eigenvalue weighted by molar-refractivity contribution is -0.146. The van der Waals surface area contributed by atoms with Crippen molar-refractivity contribution in [3.8, 4) is 0 Å². The summed E-state index contributed by atoms with van der Waals surface area (Å²) >= 11 is 0. The van der Waals surface area contributed by atoms with E-state index < -0.39 is 31.1 Å². The average molecular weight is 163 g/mol. The van der Waals surface area contributed by atoms with Crippen LogP contribution < -0.4 is 5.32 Å². The van der Waals surface area contributed by atoms with Crippen molar-refractivity contribution in [2.75, 3.05) is 13.2 Å². The Morgan fingerprint density at radius 1 is 1.45 bits per heavy atom. The van der Waals surface area contributed by atoms with Crippen molar-refractivity contribution in [2.45, 2.75) is 6.10 Å². The van der Waals surface area contributed by atoms with Crippen LogP contribution in [0.2, 0.25) is 0 Å².